The average molecular weight is 556 g/mol. The van der Waals surface area contributed by atoms with Crippen LogP contribution >= 0.6 is 0 Å². The van der Waals surface area contributed by atoms with Gasteiger partial charge in [0.25, 0.3) is 5.91 Å². The van der Waals surface area contributed by atoms with Crippen molar-refractivity contribution in [3.05, 3.63) is 65.1 Å². The fraction of sp³-hybridized carbons (Fsp3) is 0.452. The zero-order chi connectivity index (χ0) is 27.9. The molecule has 2 aromatic carbocycles. The van der Waals surface area contributed by atoms with E-state index in [0.717, 1.165) is 80.2 Å². The van der Waals surface area contributed by atoms with Crippen molar-refractivity contribution < 1.29 is 23.9 Å². The molecule has 0 radical (unpaired) electrons. The molecule has 2 unspecified atom stereocenters. The molecule has 0 bridgehead atoms. The summed E-state index contributed by atoms with van der Waals surface area (Å²) in [6.45, 7) is 4.49. The second kappa shape index (κ2) is 10.8. The van der Waals surface area contributed by atoms with E-state index in [-0.39, 0.29) is 24.3 Å². The van der Waals surface area contributed by atoms with Crippen molar-refractivity contribution in [2.45, 2.75) is 63.3 Å². The summed E-state index contributed by atoms with van der Waals surface area (Å²) in [7, 11) is 0. The number of imide groups is 1. The molecule has 0 spiro atoms. The zero-order valence-electron chi connectivity index (χ0n) is 22.9. The highest BCUT2D eigenvalue weighted by molar-refractivity contribution is 6.05. The number of amides is 3. The number of fused-ring (bicyclic) bond motifs is 2. The maximum Gasteiger partial charge on any atom is 0.255 e. The Labute approximate surface area is 238 Å². The van der Waals surface area contributed by atoms with E-state index in [1.807, 2.05) is 18.3 Å². The first-order chi connectivity index (χ1) is 20.0. The van der Waals surface area contributed by atoms with Crippen LogP contribution in [0.5, 0.6) is 5.75 Å². The van der Waals surface area contributed by atoms with Crippen LogP contribution in [-0.2, 0) is 27.4 Å². The molecule has 4 aliphatic rings. The normalized spacial score (nSPS) is 23.7. The van der Waals surface area contributed by atoms with Crippen molar-refractivity contribution in [2.24, 2.45) is 0 Å². The quantitative estimate of drug-likeness (QED) is 0.462. The molecular weight excluding hydrogens is 522 g/mol. The van der Waals surface area contributed by atoms with Gasteiger partial charge in [0.2, 0.25) is 11.8 Å². The molecule has 10 heteroatoms. The molecule has 2 atom stereocenters. The van der Waals surface area contributed by atoms with Gasteiger partial charge in [-0.1, -0.05) is 6.07 Å². The molecule has 3 amide bonds. The second-order valence-corrected chi connectivity index (χ2v) is 11.5. The first-order valence-corrected chi connectivity index (χ1v) is 14.5. The van der Waals surface area contributed by atoms with Crippen molar-refractivity contribution >= 4 is 28.6 Å². The number of ether oxygens (including phenoxy) is 2. The maximum atomic E-state index is 13.0. The van der Waals surface area contributed by atoms with Crippen molar-refractivity contribution in [1.82, 2.24) is 25.1 Å². The molecule has 3 fully saturated rings. The second-order valence-electron chi connectivity index (χ2n) is 11.5. The third-order valence-corrected chi connectivity index (χ3v) is 8.68. The number of benzene rings is 2. The van der Waals surface area contributed by atoms with Crippen LogP contribution in [0.3, 0.4) is 0 Å². The van der Waals surface area contributed by atoms with Gasteiger partial charge in [-0.3, -0.25) is 24.6 Å². The minimum Gasteiger partial charge on any atom is -0.489 e. The fourth-order valence-electron chi connectivity index (χ4n) is 6.46. The summed E-state index contributed by atoms with van der Waals surface area (Å²) in [5, 5.41) is 3.41. The lowest BCUT2D eigenvalue weighted by molar-refractivity contribution is -0.136. The smallest absolute Gasteiger partial charge is 0.255 e. The van der Waals surface area contributed by atoms with Gasteiger partial charge in [-0.15, -0.1) is 0 Å². The third-order valence-electron chi connectivity index (χ3n) is 8.68. The molecular formula is C31H33N5O5. The number of hydrogen-bond acceptors (Lipinski definition) is 8. The summed E-state index contributed by atoms with van der Waals surface area (Å²) in [5.41, 5.74) is 3.66. The Hall–Kier alpha value is -3.89. The Morgan fingerprint density at radius 1 is 1.02 bits per heavy atom. The topological polar surface area (TPSA) is 114 Å². The highest BCUT2D eigenvalue weighted by atomic mass is 16.5. The Bertz CT molecular complexity index is 1520. The van der Waals surface area contributed by atoms with E-state index in [4.69, 9.17) is 14.5 Å². The van der Waals surface area contributed by atoms with E-state index in [1.54, 1.807) is 11.0 Å². The van der Waals surface area contributed by atoms with Gasteiger partial charge in [-0.25, -0.2) is 9.97 Å². The van der Waals surface area contributed by atoms with Crippen molar-refractivity contribution in [2.75, 3.05) is 26.3 Å². The molecule has 3 saturated heterocycles. The van der Waals surface area contributed by atoms with Crippen LogP contribution in [0.4, 0.5) is 0 Å². The molecule has 10 nitrogen and oxygen atoms in total. The molecule has 212 valence electrons. The number of aromatic nitrogens is 2. The Kier molecular flexibility index (Phi) is 6.88. The first-order valence-electron chi connectivity index (χ1n) is 14.5. The third kappa shape index (κ3) is 5.29. The summed E-state index contributed by atoms with van der Waals surface area (Å²) in [6, 6.07) is 11.4. The number of carbonyl (C=O) groups is 3. The van der Waals surface area contributed by atoms with Gasteiger partial charge in [-0.05, 0) is 67.1 Å². The van der Waals surface area contributed by atoms with Crippen LogP contribution in [0.1, 0.15) is 65.3 Å². The summed E-state index contributed by atoms with van der Waals surface area (Å²) < 4.78 is 11.8. The number of carbonyl (C=O) groups excluding carboxylic acids is 3. The summed E-state index contributed by atoms with van der Waals surface area (Å²) in [4.78, 5) is 50.3. The lowest BCUT2D eigenvalue weighted by Crippen LogP contribution is -2.52. The number of nitrogens with one attached hydrogen (secondary N) is 1. The van der Waals surface area contributed by atoms with E-state index in [1.165, 1.54) is 5.56 Å². The molecule has 0 aliphatic carbocycles. The van der Waals surface area contributed by atoms with E-state index >= 15 is 0 Å². The fourth-order valence-corrected chi connectivity index (χ4v) is 6.46. The molecule has 0 saturated carbocycles. The van der Waals surface area contributed by atoms with Crippen molar-refractivity contribution in [1.29, 1.82) is 0 Å². The number of nitrogens with zero attached hydrogens (tertiary/aromatic N) is 4. The van der Waals surface area contributed by atoms with Gasteiger partial charge < -0.3 is 14.4 Å². The number of rotatable bonds is 6. The van der Waals surface area contributed by atoms with Crippen LogP contribution in [0.25, 0.3) is 10.9 Å². The monoisotopic (exact) mass is 555 g/mol. The average Bonchev–Trinajstić information content (AvgIpc) is 3.56. The predicted molar refractivity (Wildman–Crippen MR) is 149 cm³/mol. The maximum absolute atomic E-state index is 13.0. The lowest BCUT2D eigenvalue weighted by atomic mass is 9.99. The van der Waals surface area contributed by atoms with E-state index in [0.29, 0.717) is 24.4 Å². The van der Waals surface area contributed by atoms with Crippen LogP contribution in [-0.4, -0.2) is 75.9 Å². The molecule has 4 aliphatic heterocycles. The minimum absolute atomic E-state index is 0.0576. The van der Waals surface area contributed by atoms with E-state index < -0.39 is 11.9 Å². The van der Waals surface area contributed by atoms with E-state index in [9.17, 15) is 14.4 Å². The highest BCUT2D eigenvalue weighted by Gasteiger charge is 2.39. The minimum atomic E-state index is -0.615. The van der Waals surface area contributed by atoms with Gasteiger partial charge in [0.1, 0.15) is 23.7 Å². The molecule has 1 N–H and O–H groups in total. The van der Waals surface area contributed by atoms with Crippen LogP contribution in [0, 0.1) is 0 Å². The van der Waals surface area contributed by atoms with Crippen LogP contribution in [0.15, 0.2) is 42.6 Å². The van der Waals surface area contributed by atoms with Crippen molar-refractivity contribution in [3.63, 3.8) is 0 Å². The molecule has 3 aromatic rings. The van der Waals surface area contributed by atoms with Crippen LogP contribution < -0.4 is 10.1 Å². The molecule has 41 heavy (non-hydrogen) atoms. The largest absolute Gasteiger partial charge is 0.489 e. The summed E-state index contributed by atoms with van der Waals surface area (Å²) >= 11 is 0. The predicted octanol–water partition coefficient (Wildman–Crippen LogP) is 2.94. The first kappa shape index (κ1) is 26.0. The van der Waals surface area contributed by atoms with Gasteiger partial charge in [0, 0.05) is 68.9 Å². The Morgan fingerprint density at radius 2 is 1.90 bits per heavy atom. The van der Waals surface area contributed by atoms with Gasteiger partial charge in [-0.2, -0.15) is 0 Å². The zero-order valence-corrected chi connectivity index (χ0v) is 22.9. The Morgan fingerprint density at radius 3 is 2.76 bits per heavy atom. The molecule has 1 aromatic heterocycles. The molecule has 7 rings (SSSR count). The van der Waals surface area contributed by atoms with Gasteiger partial charge in [0.15, 0.2) is 0 Å². The highest BCUT2D eigenvalue weighted by Crippen LogP contribution is 2.31. The lowest BCUT2D eigenvalue weighted by Gasteiger charge is -2.29. The number of hydrogen-bond donors (Lipinski definition) is 1. The molecule has 5 heterocycles. The number of likely N-dealkylation sites (tertiary alicyclic amines) is 1. The standard InChI is InChI=1S/C31H33N5O5/c37-28-6-5-27(30(38)34-28)36-17-22-14-23(2-3-25(22)31(36)39)41-24-7-10-35(18-24)16-19-1-4-26-21(13-19)15-32-29(33-26)20-8-11-40-12-9-20/h1-4,13-15,20,24,27H,5-12,16-18H2,(H,34,37,38). The SMILES string of the molecule is O=C1CCC(N2Cc3cc(OC4CCN(Cc5ccc6nc(C7CCOCC7)ncc6c5)C4)ccc3C2=O)C(=O)N1. The van der Waals surface area contributed by atoms with E-state index in [2.05, 4.69) is 33.4 Å². The Balaban J connectivity index is 0.960. The van der Waals surface area contributed by atoms with Gasteiger partial charge >= 0.3 is 0 Å². The summed E-state index contributed by atoms with van der Waals surface area (Å²) in [6.07, 6.45) is 5.48. The summed E-state index contributed by atoms with van der Waals surface area (Å²) in [5.74, 6) is 1.18. The van der Waals surface area contributed by atoms with Gasteiger partial charge in [0.05, 0.1) is 5.52 Å². The van der Waals surface area contributed by atoms with Crippen molar-refractivity contribution in [3.8, 4) is 5.75 Å². The number of piperidine rings is 1. The van der Waals surface area contributed by atoms with Crippen LogP contribution in [0.2, 0.25) is 0 Å².